The van der Waals surface area contributed by atoms with E-state index in [1.807, 2.05) is 61.5 Å². The number of fused-ring (bicyclic) bond motifs is 1. The smallest absolute Gasteiger partial charge is 0.255 e. The number of rotatable bonds is 8. The highest BCUT2D eigenvalue weighted by Gasteiger charge is 2.17. The van der Waals surface area contributed by atoms with E-state index in [0.29, 0.717) is 41.1 Å². The third kappa shape index (κ3) is 5.35. The van der Waals surface area contributed by atoms with E-state index in [1.165, 1.54) is 0 Å². The highest BCUT2D eigenvalue weighted by molar-refractivity contribution is 6.30. The first-order valence-electron chi connectivity index (χ1n) is 10.6. The van der Waals surface area contributed by atoms with E-state index in [1.54, 1.807) is 25.3 Å². The van der Waals surface area contributed by atoms with Crippen LogP contribution in [0.25, 0.3) is 22.7 Å². The SMILES string of the molecule is CCOc1cc(/C=C(/C(=O)NCc2ccc(Cl)cc2)c2nc3ccccc3[nH]2)ccc1OC. The Kier molecular flexibility index (Phi) is 6.95. The molecule has 0 fully saturated rings. The number of halogens is 1. The Balaban J connectivity index is 1.69. The summed E-state index contributed by atoms with van der Waals surface area (Å²) in [5.41, 5.74) is 3.78. The zero-order valence-corrected chi connectivity index (χ0v) is 19.1. The van der Waals surface area contributed by atoms with Gasteiger partial charge in [0.2, 0.25) is 0 Å². The highest BCUT2D eigenvalue weighted by atomic mass is 35.5. The van der Waals surface area contributed by atoms with Crippen molar-refractivity contribution in [3.05, 3.63) is 88.7 Å². The Labute approximate surface area is 197 Å². The number of benzene rings is 3. The van der Waals surface area contributed by atoms with Gasteiger partial charge in [0.25, 0.3) is 5.91 Å². The van der Waals surface area contributed by atoms with Gasteiger partial charge in [-0.05, 0) is 60.5 Å². The lowest BCUT2D eigenvalue weighted by molar-refractivity contribution is -0.115. The summed E-state index contributed by atoms with van der Waals surface area (Å²) in [5.74, 6) is 1.47. The van der Waals surface area contributed by atoms with Gasteiger partial charge in [0.15, 0.2) is 11.5 Å². The van der Waals surface area contributed by atoms with E-state index in [9.17, 15) is 4.79 Å². The number of nitrogens with one attached hydrogen (secondary N) is 2. The van der Waals surface area contributed by atoms with Crippen LogP contribution < -0.4 is 14.8 Å². The van der Waals surface area contributed by atoms with Crippen LogP contribution in [-0.2, 0) is 11.3 Å². The second-order valence-electron chi connectivity index (χ2n) is 7.31. The summed E-state index contributed by atoms with van der Waals surface area (Å²) >= 11 is 5.96. The van der Waals surface area contributed by atoms with Crippen molar-refractivity contribution in [2.75, 3.05) is 13.7 Å². The molecular formula is C26H24ClN3O3. The van der Waals surface area contributed by atoms with Gasteiger partial charge in [-0.25, -0.2) is 4.98 Å². The number of hydrogen-bond acceptors (Lipinski definition) is 4. The van der Waals surface area contributed by atoms with Gasteiger partial charge < -0.3 is 19.8 Å². The maximum absolute atomic E-state index is 13.3. The summed E-state index contributed by atoms with van der Waals surface area (Å²) in [5, 5.41) is 3.63. The summed E-state index contributed by atoms with van der Waals surface area (Å²) in [7, 11) is 1.59. The van der Waals surface area contributed by atoms with Crippen molar-refractivity contribution in [2.24, 2.45) is 0 Å². The molecule has 0 unspecified atom stereocenters. The molecule has 2 N–H and O–H groups in total. The van der Waals surface area contributed by atoms with E-state index in [2.05, 4.69) is 15.3 Å². The van der Waals surface area contributed by atoms with Gasteiger partial charge in [-0.3, -0.25) is 4.79 Å². The molecule has 3 aromatic carbocycles. The summed E-state index contributed by atoms with van der Waals surface area (Å²) in [4.78, 5) is 21.2. The Bertz CT molecular complexity index is 1260. The van der Waals surface area contributed by atoms with Crippen molar-refractivity contribution in [3.8, 4) is 11.5 Å². The van der Waals surface area contributed by atoms with Crippen LogP contribution in [0.5, 0.6) is 11.5 Å². The predicted octanol–water partition coefficient (Wildman–Crippen LogP) is 5.48. The van der Waals surface area contributed by atoms with Crippen molar-refractivity contribution >= 4 is 40.2 Å². The second-order valence-corrected chi connectivity index (χ2v) is 7.75. The fourth-order valence-corrected chi connectivity index (χ4v) is 3.55. The van der Waals surface area contributed by atoms with Gasteiger partial charge in [0.1, 0.15) is 5.82 Å². The molecule has 6 nitrogen and oxygen atoms in total. The van der Waals surface area contributed by atoms with E-state index in [-0.39, 0.29) is 5.91 Å². The van der Waals surface area contributed by atoms with Crippen LogP contribution in [0, 0.1) is 0 Å². The normalized spacial score (nSPS) is 11.4. The summed E-state index contributed by atoms with van der Waals surface area (Å²) in [6, 6.07) is 20.6. The number of carbonyl (C=O) groups excluding carboxylic acids is 1. The number of hydrogen-bond donors (Lipinski definition) is 2. The zero-order chi connectivity index (χ0) is 23.2. The molecular weight excluding hydrogens is 438 g/mol. The third-order valence-electron chi connectivity index (χ3n) is 5.05. The van der Waals surface area contributed by atoms with Gasteiger partial charge in [-0.15, -0.1) is 0 Å². The van der Waals surface area contributed by atoms with E-state index >= 15 is 0 Å². The minimum atomic E-state index is -0.252. The number of methoxy groups -OCH3 is 1. The van der Waals surface area contributed by atoms with Crippen LogP contribution in [0.15, 0.2) is 66.7 Å². The van der Waals surface area contributed by atoms with Gasteiger partial charge in [0, 0.05) is 11.6 Å². The van der Waals surface area contributed by atoms with Gasteiger partial charge >= 0.3 is 0 Å². The van der Waals surface area contributed by atoms with Gasteiger partial charge in [0.05, 0.1) is 30.3 Å². The summed E-state index contributed by atoms with van der Waals surface area (Å²) < 4.78 is 11.1. The molecule has 1 heterocycles. The number of para-hydroxylation sites is 2. The topological polar surface area (TPSA) is 76.2 Å². The minimum Gasteiger partial charge on any atom is -0.493 e. The summed E-state index contributed by atoms with van der Waals surface area (Å²) in [6.07, 6.45) is 1.79. The van der Waals surface area contributed by atoms with E-state index in [4.69, 9.17) is 21.1 Å². The maximum Gasteiger partial charge on any atom is 0.255 e. The molecule has 0 bridgehead atoms. The number of aromatic amines is 1. The van der Waals surface area contributed by atoms with E-state index in [0.717, 1.165) is 22.2 Å². The molecule has 1 amide bonds. The highest BCUT2D eigenvalue weighted by Crippen LogP contribution is 2.30. The number of H-pyrrole nitrogens is 1. The van der Waals surface area contributed by atoms with Crippen molar-refractivity contribution in [2.45, 2.75) is 13.5 Å². The van der Waals surface area contributed by atoms with Crippen molar-refractivity contribution in [1.29, 1.82) is 0 Å². The number of imidazole rings is 1. The zero-order valence-electron chi connectivity index (χ0n) is 18.4. The first-order valence-corrected chi connectivity index (χ1v) is 11.0. The molecule has 1 aromatic heterocycles. The average Bonchev–Trinajstić information content (AvgIpc) is 3.26. The Morgan fingerprint density at radius 3 is 2.61 bits per heavy atom. The number of carbonyl (C=O) groups is 1. The van der Waals surface area contributed by atoms with Crippen LogP contribution in [0.2, 0.25) is 5.02 Å². The van der Waals surface area contributed by atoms with Crippen LogP contribution >= 0.6 is 11.6 Å². The first kappa shape index (κ1) is 22.4. The molecule has 4 rings (SSSR count). The fraction of sp³-hybridized carbons (Fsp3) is 0.154. The standard InChI is InChI=1S/C26H24ClN3O3/c1-3-33-24-15-18(10-13-23(24)32-2)14-20(25-29-21-6-4-5-7-22(21)30-25)26(31)28-16-17-8-11-19(27)12-9-17/h4-15H,3,16H2,1-2H3,(H,28,31)(H,29,30)/b20-14+. The van der Waals surface area contributed by atoms with Gasteiger partial charge in [-0.2, -0.15) is 0 Å². The lowest BCUT2D eigenvalue weighted by Crippen LogP contribution is -2.24. The quantitative estimate of drug-likeness (QED) is 0.340. The Hall–Kier alpha value is -3.77. The molecule has 7 heteroatoms. The molecule has 4 aromatic rings. The van der Waals surface area contributed by atoms with Crippen LogP contribution in [0.4, 0.5) is 0 Å². The molecule has 33 heavy (non-hydrogen) atoms. The van der Waals surface area contributed by atoms with Crippen molar-refractivity contribution in [3.63, 3.8) is 0 Å². The average molecular weight is 462 g/mol. The molecule has 0 aliphatic heterocycles. The van der Waals surface area contributed by atoms with Crippen molar-refractivity contribution < 1.29 is 14.3 Å². The molecule has 0 saturated heterocycles. The minimum absolute atomic E-state index is 0.252. The lowest BCUT2D eigenvalue weighted by atomic mass is 10.1. The monoisotopic (exact) mass is 461 g/mol. The number of aromatic nitrogens is 2. The van der Waals surface area contributed by atoms with Crippen LogP contribution in [0.3, 0.4) is 0 Å². The van der Waals surface area contributed by atoms with Crippen molar-refractivity contribution in [1.82, 2.24) is 15.3 Å². The molecule has 0 atom stereocenters. The van der Waals surface area contributed by atoms with Gasteiger partial charge in [-0.1, -0.05) is 41.9 Å². The lowest BCUT2D eigenvalue weighted by Gasteiger charge is -2.11. The number of nitrogens with zero attached hydrogens (tertiary/aromatic N) is 1. The number of ether oxygens (including phenoxy) is 2. The second kappa shape index (κ2) is 10.2. The van der Waals surface area contributed by atoms with Crippen LogP contribution in [-0.4, -0.2) is 29.6 Å². The number of amides is 1. The molecule has 0 aliphatic rings. The van der Waals surface area contributed by atoms with Crippen LogP contribution in [0.1, 0.15) is 23.9 Å². The third-order valence-corrected chi connectivity index (χ3v) is 5.31. The molecule has 168 valence electrons. The molecule has 0 saturated carbocycles. The Morgan fingerprint density at radius 2 is 1.88 bits per heavy atom. The molecule has 0 radical (unpaired) electrons. The molecule has 0 spiro atoms. The van der Waals surface area contributed by atoms with E-state index < -0.39 is 0 Å². The summed E-state index contributed by atoms with van der Waals surface area (Å²) in [6.45, 7) is 2.77. The molecule has 0 aliphatic carbocycles. The predicted molar refractivity (Wildman–Crippen MR) is 131 cm³/mol. The largest absolute Gasteiger partial charge is 0.493 e. The first-order chi connectivity index (χ1) is 16.1. The maximum atomic E-state index is 13.3. The fourth-order valence-electron chi connectivity index (χ4n) is 3.42. The Morgan fingerprint density at radius 1 is 1.09 bits per heavy atom.